The third kappa shape index (κ3) is 4.89. The van der Waals surface area contributed by atoms with Crippen LogP contribution in [0.2, 0.25) is 0 Å². The van der Waals surface area contributed by atoms with Gasteiger partial charge in [0.05, 0.1) is 19.8 Å². The van der Waals surface area contributed by atoms with Gasteiger partial charge in [-0.2, -0.15) is 0 Å². The Labute approximate surface area is 199 Å². The highest BCUT2D eigenvalue weighted by molar-refractivity contribution is 6.07. The van der Waals surface area contributed by atoms with Crippen LogP contribution in [0.1, 0.15) is 15.9 Å². The Hall–Kier alpha value is -3.84. The van der Waals surface area contributed by atoms with Gasteiger partial charge in [-0.15, -0.1) is 0 Å². The van der Waals surface area contributed by atoms with E-state index in [4.69, 9.17) is 4.74 Å². The van der Waals surface area contributed by atoms with Gasteiger partial charge >= 0.3 is 0 Å². The molecule has 1 fully saturated rings. The fourth-order valence-corrected chi connectivity index (χ4v) is 4.40. The number of carbonyl (C=O) groups excluding carboxylic acids is 2. The quantitative estimate of drug-likeness (QED) is 0.591. The summed E-state index contributed by atoms with van der Waals surface area (Å²) in [6.45, 7) is 4.08. The van der Waals surface area contributed by atoms with Crippen molar-refractivity contribution in [3.63, 3.8) is 0 Å². The molecule has 0 aliphatic carbocycles. The minimum absolute atomic E-state index is 0.00484. The molecule has 0 bridgehead atoms. The van der Waals surface area contributed by atoms with Crippen molar-refractivity contribution in [3.8, 4) is 0 Å². The third-order valence-electron chi connectivity index (χ3n) is 6.24. The van der Waals surface area contributed by atoms with Crippen LogP contribution in [-0.4, -0.2) is 51.2 Å². The molecule has 3 aromatic carbocycles. The first-order valence-corrected chi connectivity index (χ1v) is 11.6. The van der Waals surface area contributed by atoms with E-state index < -0.39 is 0 Å². The lowest BCUT2D eigenvalue weighted by Crippen LogP contribution is -2.36. The Balaban J connectivity index is 1.12. The van der Waals surface area contributed by atoms with Crippen LogP contribution in [-0.2, 0) is 16.0 Å². The molecule has 0 spiro atoms. The van der Waals surface area contributed by atoms with Gasteiger partial charge in [0, 0.05) is 47.9 Å². The van der Waals surface area contributed by atoms with Gasteiger partial charge in [0.2, 0.25) is 5.91 Å². The smallest absolute Gasteiger partial charge is 0.258 e. The molecule has 2 N–H and O–H groups in total. The van der Waals surface area contributed by atoms with Crippen molar-refractivity contribution in [1.82, 2.24) is 0 Å². The summed E-state index contributed by atoms with van der Waals surface area (Å²) < 4.78 is 5.39. The summed E-state index contributed by atoms with van der Waals surface area (Å²) in [4.78, 5) is 29.4. The van der Waals surface area contributed by atoms with Gasteiger partial charge in [0.1, 0.15) is 0 Å². The minimum Gasteiger partial charge on any atom is -0.378 e. The van der Waals surface area contributed by atoms with Crippen molar-refractivity contribution in [2.45, 2.75) is 6.42 Å². The van der Waals surface area contributed by atoms with E-state index in [1.807, 2.05) is 59.5 Å². The van der Waals surface area contributed by atoms with Gasteiger partial charge in [-0.3, -0.25) is 9.59 Å². The lowest BCUT2D eigenvalue weighted by atomic mass is 10.1. The first kappa shape index (κ1) is 22.0. The van der Waals surface area contributed by atoms with E-state index in [0.717, 1.165) is 55.5 Å². The van der Waals surface area contributed by atoms with Gasteiger partial charge in [0.15, 0.2) is 0 Å². The van der Waals surface area contributed by atoms with Crippen molar-refractivity contribution in [2.75, 3.05) is 59.8 Å². The summed E-state index contributed by atoms with van der Waals surface area (Å²) in [6.07, 6.45) is 0.882. The fraction of sp³-hybridized carbons (Fsp3) is 0.259. The number of rotatable bonds is 6. The molecule has 0 aromatic heterocycles. The molecule has 2 aliphatic rings. The highest BCUT2D eigenvalue weighted by atomic mass is 16.5. The van der Waals surface area contributed by atoms with E-state index in [1.165, 1.54) is 5.56 Å². The monoisotopic (exact) mass is 456 g/mol. The fourth-order valence-electron chi connectivity index (χ4n) is 4.40. The summed E-state index contributed by atoms with van der Waals surface area (Å²) in [5.74, 6) is -0.136. The predicted octanol–water partition coefficient (Wildman–Crippen LogP) is 3.78. The van der Waals surface area contributed by atoms with Crippen LogP contribution >= 0.6 is 0 Å². The van der Waals surface area contributed by atoms with Crippen molar-refractivity contribution in [2.24, 2.45) is 0 Å². The maximum atomic E-state index is 12.9. The van der Waals surface area contributed by atoms with Crippen LogP contribution in [0.25, 0.3) is 0 Å². The molecule has 2 heterocycles. The number of amides is 2. The van der Waals surface area contributed by atoms with Crippen molar-refractivity contribution >= 4 is 34.6 Å². The molecule has 0 unspecified atom stereocenters. The van der Waals surface area contributed by atoms with Gasteiger partial charge < -0.3 is 25.2 Å². The average molecular weight is 457 g/mol. The summed E-state index contributed by atoms with van der Waals surface area (Å²) in [7, 11) is 0. The zero-order chi connectivity index (χ0) is 23.3. The number of benzene rings is 3. The van der Waals surface area contributed by atoms with E-state index in [2.05, 4.69) is 21.6 Å². The molecule has 0 radical (unpaired) electrons. The summed E-state index contributed by atoms with van der Waals surface area (Å²) in [6, 6.07) is 23.2. The van der Waals surface area contributed by atoms with E-state index in [1.54, 1.807) is 12.1 Å². The maximum Gasteiger partial charge on any atom is 0.258 e. The molecule has 174 valence electrons. The Morgan fingerprint density at radius 2 is 1.53 bits per heavy atom. The second-order valence-corrected chi connectivity index (χ2v) is 8.46. The summed E-state index contributed by atoms with van der Waals surface area (Å²) in [5, 5.41) is 6.03. The largest absolute Gasteiger partial charge is 0.378 e. The molecule has 2 amide bonds. The van der Waals surface area contributed by atoms with E-state index >= 15 is 0 Å². The van der Waals surface area contributed by atoms with Crippen molar-refractivity contribution < 1.29 is 14.3 Å². The molecule has 2 aliphatic heterocycles. The topological polar surface area (TPSA) is 73.9 Å². The normalized spacial score (nSPS) is 15.1. The average Bonchev–Trinajstić information content (AvgIpc) is 3.33. The Bertz CT molecular complexity index is 1160. The van der Waals surface area contributed by atoms with Crippen LogP contribution in [0.3, 0.4) is 0 Å². The van der Waals surface area contributed by atoms with Crippen LogP contribution in [0.15, 0.2) is 72.8 Å². The van der Waals surface area contributed by atoms with Gasteiger partial charge in [-0.1, -0.05) is 18.2 Å². The first-order valence-electron chi connectivity index (χ1n) is 11.6. The standard InChI is InChI=1S/C27H28N4O3/c32-26(29-23-9-11-24(12-10-23)30-15-17-34-18-16-30)19-28-22-7-5-21(6-8-22)27(33)31-14-13-20-3-1-2-4-25(20)31/h1-12,28H,13-19H2,(H,29,32). The molecule has 1 saturated heterocycles. The Morgan fingerprint density at radius 3 is 2.29 bits per heavy atom. The lowest BCUT2D eigenvalue weighted by Gasteiger charge is -2.28. The zero-order valence-corrected chi connectivity index (χ0v) is 19.0. The molecule has 5 rings (SSSR count). The van der Waals surface area contributed by atoms with Gasteiger partial charge in [-0.05, 0) is 66.6 Å². The highest BCUT2D eigenvalue weighted by Gasteiger charge is 2.25. The third-order valence-corrected chi connectivity index (χ3v) is 6.24. The molecule has 0 saturated carbocycles. The molecular formula is C27H28N4O3. The number of nitrogens with zero attached hydrogens (tertiary/aromatic N) is 2. The molecule has 7 nitrogen and oxygen atoms in total. The zero-order valence-electron chi connectivity index (χ0n) is 19.0. The summed E-state index contributed by atoms with van der Waals surface area (Å²) in [5.41, 5.74) is 5.51. The van der Waals surface area contributed by atoms with E-state index in [-0.39, 0.29) is 18.4 Å². The Kier molecular flexibility index (Phi) is 6.44. The van der Waals surface area contributed by atoms with E-state index in [0.29, 0.717) is 12.1 Å². The van der Waals surface area contributed by atoms with Crippen LogP contribution in [0.5, 0.6) is 0 Å². The molecule has 0 atom stereocenters. The van der Waals surface area contributed by atoms with Crippen LogP contribution in [0.4, 0.5) is 22.7 Å². The number of para-hydroxylation sites is 1. The van der Waals surface area contributed by atoms with Crippen molar-refractivity contribution in [3.05, 3.63) is 83.9 Å². The molecule has 7 heteroatoms. The second kappa shape index (κ2) is 9.97. The number of fused-ring (bicyclic) bond motifs is 1. The number of carbonyl (C=O) groups is 2. The Morgan fingerprint density at radius 1 is 0.824 bits per heavy atom. The van der Waals surface area contributed by atoms with Crippen LogP contribution in [0, 0.1) is 0 Å². The maximum absolute atomic E-state index is 12.9. The van der Waals surface area contributed by atoms with Crippen LogP contribution < -0.4 is 20.4 Å². The number of nitrogens with one attached hydrogen (secondary N) is 2. The van der Waals surface area contributed by atoms with Gasteiger partial charge in [0.25, 0.3) is 5.91 Å². The highest BCUT2D eigenvalue weighted by Crippen LogP contribution is 2.29. The summed E-state index contributed by atoms with van der Waals surface area (Å²) >= 11 is 0. The number of anilines is 4. The lowest BCUT2D eigenvalue weighted by molar-refractivity contribution is -0.114. The predicted molar refractivity (Wildman–Crippen MR) is 135 cm³/mol. The second-order valence-electron chi connectivity index (χ2n) is 8.46. The molecular weight excluding hydrogens is 428 g/mol. The molecule has 34 heavy (non-hydrogen) atoms. The SMILES string of the molecule is O=C(CNc1ccc(C(=O)N2CCc3ccccc32)cc1)Nc1ccc(N2CCOCC2)cc1. The first-order chi connectivity index (χ1) is 16.7. The number of hydrogen-bond acceptors (Lipinski definition) is 5. The minimum atomic E-state index is -0.132. The van der Waals surface area contributed by atoms with Crippen molar-refractivity contribution in [1.29, 1.82) is 0 Å². The van der Waals surface area contributed by atoms with E-state index in [9.17, 15) is 9.59 Å². The molecule has 3 aromatic rings. The van der Waals surface area contributed by atoms with Gasteiger partial charge in [-0.25, -0.2) is 0 Å². The number of ether oxygens (including phenoxy) is 1. The number of morpholine rings is 1. The number of hydrogen-bond donors (Lipinski definition) is 2.